The molecule has 1 heterocycles. The van der Waals surface area contributed by atoms with Gasteiger partial charge >= 0.3 is 0 Å². The van der Waals surface area contributed by atoms with Crippen LogP contribution in [0.2, 0.25) is 0 Å². The van der Waals surface area contributed by atoms with Crippen LogP contribution in [-0.2, 0) is 16.1 Å². The molecule has 0 unspecified atom stereocenters. The summed E-state index contributed by atoms with van der Waals surface area (Å²) in [6.45, 7) is 3.41. The van der Waals surface area contributed by atoms with Crippen LogP contribution in [0.4, 0.5) is 5.69 Å². The molecule has 1 saturated heterocycles. The molecule has 2 aromatic carbocycles. The molecule has 0 radical (unpaired) electrons. The summed E-state index contributed by atoms with van der Waals surface area (Å²) < 4.78 is 10.8. The highest BCUT2D eigenvalue weighted by molar-refractivity contribution is 6.21. The number of methoxy groups -OCH3 is 1. The van der Waals surface area contributed by atoms with Gasteiger partial charge in [-0.3, -0.25) is 9.59 Å². The number of hydrogen-bond acceptors (Lipinski definition) is 4. The minimum Gasteiger partial charge on any atom is -0.497 e. The van der Waals surface area contributed by atoms with Crippen molar-refractivity contribution >= 4 is 17.5 Å². The number of imide groups is 1. The van der Waals surface area contributed by atoms with E-state index in [1.54, 1.807) is 31.4 Å². The number of nitrogens with two attached hydrogens (primary N) is 1. The van der Waals surface area contributed by atoms with Gasteiger partial charge in [-0.05, 0) is 55.0 Å². The third-order valence-corrected chi connectivity index (χ3v) is 4.84. The fourth-order valence-electron chi connectivity index (χ4n) is 3.18. The topological polar surface area (TPSA) is 72.4 Å². The molecule has 1 aliphatic heterocycles. The van der Waals surface area contributed by atoms with E-state index in [2.05, 4.69) is 6.92 Å². The smallest absolute Gasteiger partial charge is 0.292 e. The Labute approximate surface area is 165 Å². The van der Waals surface area contributed by atoms with Gasteiger partial charge in [0.2, 0.25) is 5.91 Å². The molecule has 0 aromatic heterocycles. The van der Waals surface area contributed by atoms with Crippen molar-refractivity contribution in [3.63, 3.8) is 0 Å². The van der Waals surface area contributed by atoms with Gasteiger partial charge < -0.3 is 14.8 Å². The first-order valence-corrected chi connectivity index (χ1v) is 9.68. The zero-order valence-corrected chi connectivity index (χ0v) is 16.4. The van der Waals surface area contributed by atoms with E-state index in [9.17, 15) is 9.59 Å². The second-order valence-corrected chi connectivity index (χ2v) is 6.86. The van der Waals surface area contributed by atoms with Crippen molar-refractivity contribution in [2.45, 2.75) is 38.8 Å². The Balaban J connectivity index is 1.59. The number of carbonyl (C=O) groups is 2. The maximum atomic E-state index is 12.8. The Kier molecular flexibility index (Phi) is 6.66. The van der Waals surface area contributed by atoms with E-state index in [0.717, 1.165) is 29.9 Å². The average molecular weight is 383 g/mol. The molecule has 6 heteroatoms. The van der Waals surface area contributed by atoms with Crippen LogP contribution >= 0.6 is 0 Å². The second-order valence-electron chi connectivity index (χ2n) is 6.86. The summed E-state index contributed by atoms with van der Waals surface area (Å²) in [4.78, 5) is 26.5. The number of amides is 2. The number of anilines is 1. The minimum atomic E-state index is -0.393. The average Bonchev–Trinajstić information content (AvgIpc) is 3.01. The van der Waals surface area contributed by atoms with Crippen molar-refractivity contribution in [1.29, 1.82) is 0 Å². The van der Waals surface area contributed by atoms with Gasteiger partial charge in [0, 0.05) is 5.56 Å². The lowest BCUT2D eigenvalue weighted by Crippen LogP contribution is -2.90. The number of unbranched alkanes of at least 4 members (excludes halogenated alkanes) is 1. The van der Waals surface area contributed by atoms with Gasteiger partial charge in [0.1, 0.15) is 18.0 Å². The monoisotopic (exact) mass is 383 g/mol. The predicted molar refractivity (Wildman–Crippen MR) is 106 cm³/mol. The third kappa shape index (κ3) is 4.70. The minimum absolute atomic E-state index is 0.166. The van der Waals surface area contributed by atoms with Crippen molar-refractivity contribution in [3.05, 3.63) is 54.1 Å². The molecule has 0 saturated carbocycles. The summed E-state index contributed by atoms with van der Waals surface area (Å²) in [6, 6.07) is 14.5. The van der Waals surface area contributed by atoms with E-state index >= 15 is 0 Å². The zero-order chi connectivity index (χ0) is 19.9. The summed E-state index contributed by atoms with van der Waals surface area (Å²) in [5.74, 6) is 1.21. The number of carbonyl (C=O) groups excluding carboxylic acids is 2. The van der Waals surface area contributed by atoms with E-state index in [-0.39, 0.29) is 18.2 Å². The molecular formula is C22H27N2O4+. The largest absolute Gasteiger partial charge is 0.497 e. The highest BCUT2D eigenvalue weighted by Gasteiger charge is 2.42. The van der Waals surface area contributed by atoms with E-state index < -0.39 is 6.04 Å². The Bertz CT molecular complexity index is 802. The quantitative estimate of drug-likeness (QED) is 0.533. The SMILES string of the molecule is CCCCOc1ccc(N2C(=O)C[C@H]([NH2+]Cc3ccc(OC)cc3)C2=O)cc1. The van der Waals surface area contributed by atoms with Crippen molar-refractivity contribution in [2.75, 3.05) is 18.6 Å². The van der Waals surface area contributed by atoms with Crippen molar-refractivity contribution in [1.82, 2.24) is 0 Å². The molecule has 1 aliphatic rings. The fraction of sp³-hybridized carbons (Fsp3) is 0.364. The normalized spacial score (nSPS) is 16.5. The number of ether oxygens (including phenoxy) is 2. The van der Waals surface area contributed by atoms with E-state index in [0.29, 0.717) is 18.8 Å². The van der Waals surface area contributed by atoms with E-state index in [1.165, 1.54) is 4.90 Å². The van der Waals surface area contributed by atoms with Gasteiger partial charge in [0.15, 0.2) is 6.04 Å². The van der Waals surface area contributed by atoms with Crippen LogP contribution in [0, 0.1) is 0 Å². The highest BCUT2D eigenvalue weighted by Crippen LogP contribution is 2.24. The number of rotatable bonds is 9. The highest BCUT2D eigenvalue weighted by atomic mass is 16.5. The van der Waals surface area contributed by atoms with Gasteiger partial charge in [-0.25, -0.2) is 4.90 Å². The zero-order valence-electron chi connectivity index (χ0n) is 16.4. The Hall–Kier alpha value is -2.86. The van der Waals surface area contributed by atoms with Crippen molar-refractivity contribution < 1.29 is 24.4 Å². The van der Waals surface area contributed by atoms with Gasteiger partial charge in [-0.15, -0.1) is 0 Å². The predicted octanol–water partition coefficient (Wildman–Crippen LogP) is 2.27. The van der Waals surface area contributed by atoms with Crippen LogP contribution in [0.3, 0.4) is 0 Å². The first-order valence-electron chi connectivity index (χ1n) is 9.68. The summed E-state index contributed by atoms with van der Waals surface area (Å²) in [7, 11) is 1.63. The molecule has 0 bridgehead atoms. The summed E-state index contributed by atoms with van der Waals surface area (Å²) in [5.41, 5.74) is 1.67. The van der Waals surface area contributed by atoms with Gasteiger partial charge in [0.25, 0.3) is 5.91 Å². The molecule has 2 amide bonds. The Morgan fingerprint density at radius 2 is 1.71 bits per heavy atom. The first-order chi connectivity index (χ1) is 13.6. The second kappa shape index (κ2) is 9.37. The van der Waals surface area contributed by atoms with Crippen molar-refractivity contribution in [2.24, 2.45) is 0 Å². The molecule has 2 N–H and O–H groups in total. The Morgan fingerprint density at radius 3 is 2.36 bits per heavy atom. The Morgan fingerprint density at radius 1 is 1.04 bits per heavy atom. The lowest BCUT2D eigenvalue weighted by molar-refractivity contribution is -0.690. The van der Waals surface area contributed by atoms with Gasteiger partial charge in [-0.2, -0.15) is 0 Å². The molecule has 1 atom stereocenters. The van der Waals surface area contributed by atoms with Crippen LogP contribution in [-0.4, -0.2) is 31.6 Å². The summed E-state index contributed by atoms with van der Waals surface area (Å²) in [5, 5.41) is 1.92. The van der Waals surface area contributed by atoms with Crippen LogP contribution in [0.5, 0.6) is 11.5 Å². The molecular weight excluding hydrogens is 356 g/mol. The third-order valence-electron chi connectivity index (χ3n) is 4.84. The maximum Gasteiger partial charge on any atom is 0.292 e. The molecule has 0 aliphatic carbocycles. The molecule has 2 aromatic rings. The van der Waals surface area contributed by atoms with Crippen LogP contribution in [0.1, 0.15) is 31.7 Å². The van der Waals surface area contributed by atoms with Crippen LogP contribution in [0.15, 0.2) is 48.5 Å². The molecule has 1 fully saturated rings. The standard InChI is InChI=1S/C22H26N2O4/c1-3-4-13-28-19-11-7-17(8-12-19)24-21(25)14-20(22(24)26)23-15-16-5-9-18(27-2)10-6-16/h5-12,20,23H,3-4,13-15H2,1-2H3/p+1/t20-/m0/s1. The lowest BCUT2D eigenvalue weighted by Gasteiger charge is -2.15. The van der Waals surface area contributed by atoms with Crippen LogP contribution < -0.4 is 19.7 Å². The van der Waals surface area contributed by atoms with Crippen LogP contribution in [0.25, 0.3) is 0 Å². The van der Waals surface area contributed by atoms with Gasteiger partial charge in [-0.1, -0.05) is 13.3 Å². The number of hydrogen-bond donors (Lipinski definition) is 1. The van der Waals surface area contributed by atoms with Crippen molar-refractivity contribution in [3.8, 4) is 11.5 Å². The molecule has 148 valence electrons. The lowest BCUT2D eigenvalue weighted by atomic mass is 10.2. The molecule has 28 heavy (non-hydrogen) atoms. The maximum absolute atomic E-state index is 12.8. The summed E-state index contributed by atoms with van der Waals surface area (Å²) >= 11 is 0. The van der Waals surface area contributed by atoms with E-state index in [4.69, 9.17) is 9.47 Å². The molecule has 0 spiro atoms. The number of benzene rings is 2. The number of nitrogens with zero attached hydrogens (tertiary/aromatic N) is 1. The number of quaternary nitrogens is 1. The van der Waals surface area contributed by atoms with E-state index in [1.807, 2.05) is 29.6 Å². The first kappa shape index (κ1) is 19.9. The fourth-order valence-corrected chi connectivity index (χ4v) is 3.18. The summed E-state index contributed by atoms with van der Waals surface area (Å²) in [6.07, 6.45) is 2.28. The molecule has 3 rings (SSSR count). The van der Waals surface area contributed by atoms with Gasteiger partial charge in [0.05, 0.1) is 25.8 Å². The molecule has 6 nitrogen and oxygen atoms in total.